The molecule has 0 heterocycles. The molecular formula is C21H26ClN3O2S. The average molecular weight is 420 g/mol. The van der Waals surface area contributed by atoms with E-state index in [4.69, 9.17) is 28.6 Å². The lowest BCUT2D eigenvalue weighted by atomic mass is 10.2. The normalized spacial score (nSPS) is 11.4. The number of thiocarbonyl (C=S) groups is 1. The van der Waals surface area contributed by atoms with Crippen molar-refractivity contribution in [2.75, 3.05) is 23.8 Å². The first-order valence-electron chi connectivity index (χ1n) is 9.31. The van der Waals surface area contributed by atoms with E-state index in [1.807, 2.05) is 49.9 Å². The molecule has 0 saturated carbocycles. The molecule has 0 bridgehead atoms. The van der Waals surface area contributed by atoms with Crippen LogP contribution in [0.25, 0.3) is 0 Å². The summed E-state index contributed by atoms with van der Waals surface area (Å²) in [5.41, 5.74) is 1.50. The zero-order valence-electron chi connectivity index (χ0n) is 16.4. The third kappa shape index (κ3) is 6.39. The van der Waals surface area contributed by atoms with Gasteiger partial charge in [0.15, 0.2) is 5.11 Å². The molecule has 0 spiro atoms. The molecule has 0 unspecified atom stereocenters. The molecule has 0 aliphatic rings. The molecule has 5 nitrogen and oxygen atoms in total. The molecule has 0 aliphatic carbocycles. The molecule has 7 heteroatoms. The smallest absolute Gasteiger partial charge is 0.246 e. The van der Waals surface area contributed by atoms with E-state index in [-0.39, 0.29) is 5.91 Å². The van der Waals surface area contributed by atoms with Crippen molar-refractivity contribution in [2.45, 2.75) is 33.2 Å². The van der Waals surface area contributed by atoms with E-state index >= 15 is 0 Å². The Hall–Kier alpha value is -2.31. The zero-order chi connectivity index (χ0) is 20.5. The number of carbonyl (C=O) groups is 1. The van der Waals surface area contributed by atoms with Crippen molar-refractivity contribution in [3.63, 3.8) is 0 Å². The Balaban J connectivity index is 2.04. The fourth-order valence-corrected chi connectivity index (χ4v) is 3.22. The van der Waals surface area contributed by atoms with Crippen LogP contribution in [0.2, 0.25) is 5.02 Å². The van der Waals surface area contributed by atoms with Gasteiger partial charge in [0, 0.05) is 22.9 Å². The van der Waals surface area contributed by atoms with E-state index in [2.05, 4.69) is 10.6 Å². The standard InChI is InChI=1S/C21H26ClN3O2S/c1-4-13-25(15(3)20(26)23-18-8-6-7-16(22)14-18)21(28)24-17-9-11-19(12-10-17)27-5-2/h6-12,14-15H,4-5,13H2,1-3H3,(H,23,26)(H,24,28)/t15-/m0/s1. The maximum absolute atomic E-state index is 12.7. The first-order valence-corrected chi connectivity index (χ1v) is 10.1. The molecule has 28 heavy (non-hydrogen) atoms. The molecule has 150 valence electrons. The van der Waals surface area contributed by atoms with Crippen LogP contribution >= 0.6 is 23.8 Å². The van der Waals surface area contributed by atoms with Gasteiger partial charge in [0.05, 0.1) is 6.61 Å². The van der Waals surface area contributed by atoms with Gasteiger partial charge in [0.2, 0.25) is 5.91 Å². The van der Waals surface area contributed by atoms with Crippen LogP contribution < -0.4 is 15.4 Å². The Bertz CT molecular complexity index is 798. The van der Waals surface area contributed by atoms with Crippen LogP contribution in [0.15, 0.2) is 48.5 Å². The molecule has 0 aliphatic heterocycles. The van der Waals surface area contributed by atoms with E-state index < -0.39 is 6.04 Å². The molecule has 1 atom stereocenters. The van der Waals surface area contributed by atoms with E-state index in [9.17, 15) is 4.79 Å². The first-order chi connectivity index (χ1) is 13.4. The molecule has 0 fully saturated rings. The molecule has 0 radical (unpaired) electrons. The summed E-state index contributed by atoms with van der Waals surface area (Å²) in [7, 11) is 0. The SMILES string of the molecule is CCCN(C(=S)Nc1ccc(OCC)cc1)[C@@H](C)C(=O)Nc1cccc(Cl)c1. The number of hydrogen-bond donors (Lipinski definition) is 2. The Morgan fingerprint density at radius 2 is 1.86 bits per heavy atom. The number of hydrogen-bond acceptors (Lipinski definition) is 3. The number of nitrogens with one attached hydrogen (secondary N) is 2. The summed E-state index contributed by atoms with van der Waals surface area (Å²) in [6, 6.07) is 14.2. The van der Waals surface area contributed by atoms with Gasteiger partial charge in [0.1, 0.15) is 11.8 Å². The Labute approximate surface area is 177 Å². The van der Waals surface area contributed by atoms with Gasteiger partial charge in [-0.3, -0.25) is 4.79 Å². The van der Waals surface area contributed by atoms with Crippen LogP contribution in [0.5, 0.6) is 5.75 Å². The van der Waals surface area contributed by atoms with Crippen LogP contribution in [0.1, 0.15) is 27.2 Å². The predicted octanol–water partition coefficient (Wildman–Crippen LogP) is 5.17. The van der Waals surface area contributed by atoms with Crippen molar-refractivity contribution in [2.24, 2.45) is 0 Å². The highest BCUT2D eigenvalue weighted by Crippen LogP contribution is 2.18. The average Bonchev–Trinajstić information content (AvgIpc) is 2.67. The highest BCUT2D eigenvalue weighted by molar-refractivity contribution is 7.80. The maximum Gasteiger partial charge on any atom is 0.246 e. The van der Waals surface area contributed by atoms with Crippen molar-refractivity contribution in [3.8, 4) is 5.75 Å². The van der Waals surface area contributed by atoms with Gasteiger partial charge in [-0.2, -0.15) is 0 Å². The lowest BCUT2D eigenvalue weighted by Gasteiger charge is -2.30. The number of amides is 1. The second-order valence-electron chi connectivity index (χ2n) is 6.26. The number of halogens is 1. The van der Waals surface area contributed by atoms with Crippen molar-refractivity contribution in [3.05, 3.63) is 53.6 Å². The van der Waals surface area contributed by atoms with Crippen molar-refractivity contribution in [1.29, 1.82) is 0 Å². The summed E-state index contributed by atoms with van der Waals surface area (Å²) >= 11 is 11.6. The number of anilines is 2. The highest BCUT2D eigenvalue weighted by Gasteiger charge is 2.23. The topological polar surface area (TPSA) is 53.6 Å². The molecule has 2 rings (SSSR count). The minimum absolute atomic E-state index is 0.147. The molecule has 0 aromatic heterocycles. The number of rotatable bonds is 8. The van der Waals surface area contributed by atoms with Crippen LogP contribution in [-0.4, -0.2) is 35.1 Å². The van der Waals surface area contributed by atoms with Gasteiger partial charge in [-0.1, -0.05) is 24.6 Å². The van der Waals surface area contributed by atoms with Gasteiger partial charge in [-0.15, -0.1) is 0 Å². The highest BCUT2D eigenvalue weighted by atomic mass is 35.5. The molecule has 2 aromatic rings. The molecule has 2 N–H and O–H groups in total. The van der Waals surface area contributed by atoms with E-state index in [1.165, 1.54) is 0 Å². The number of nitrogens with zero attached hydrogens (tertiary/aromatic N) is 1. The van der Waals surface area contributed by atoms with Gasteiger partial charge in [0.25, 0.3) is 0 Å². The van der Waals surface area contributed by atoms with Gasteiger partial charge < -0.3 is 20.3 Å². The van der Waals surface area contributed by atoms with Crippen LogP contribution in [0, 0.1) is 0 Å². The predicted molar refractivity (Wildman–Crippen MR) is 120 cm³/mol. The van der Waals surface area contributed by atoms with Gasteiger partial charge in [-0.05, 0) is 75.0 Å². The van der Waals surface area contributed by atoms with Crippen molar-refractivity contribution >= 4 is 46.2 Å². The Kier molecular flexibility index (Phi) is 8.54. The third-order valence-corrected chi connectivity index (χ3v) is 4.65. The van der Waals surface area contributed by atoms with Crippen LogP contribution in [0.3, 0.4) is 0 Å². The molecule has 1 amide bonds. The fraction of sp³-hybridized carbons (Fsp3) is 0.333. The summed E-state index contributed by atoms with van der Waals surface area (Å²) in [6.07, 6.45) is 0.861. The summed E-state index contributed by atoms with van der Waals surface area (Å²) in [6.45, 7) is 7.11. The van der Waals surface area contributed by atoms with Crippen LogP contribution in [0.4, 0.5) is 11.4 Å². The van der Waals surface area contributed by atoms with E-state index in [0.717, 1.165) is 17.9 Å². The number of carbonyl (C=O) groups excluding carboxylic acids is 1. The fourth-order valence-electron chi connectivity index (χ4n) is 2.66. The Morgan fingerprint density at radius 3 is 2.46 bits per heavy atom. The van der Waals surface area contributed by atoms with Crippen molar-refractivity contribution in [1.82, 2.24) is 4.90 Å². The minimum Gasteiger partial charge on any atom is -0.494 e. The minimum atomic E-state index is -0.443. The second-order valence-corrected chi connectivity index (χ2v) is 7.08. The van der Waals surface area contributed by atoms with Gasteiger partial charge in [-0.25, -0.2) is 0 Å². The Morgan fingerprint density at radius 1 is 1.14 bits per heavy atom. The summed E-state index contributed by atoms with van der Waals surface area (Å²) in [4.78, 5) is 14.6. The lowest BCUT2D eigenvalue weighted by Crippen LogP contribution is -2.47. The molecular weight excluding hydrogens is 394 g/mol. The van der Waals surface area contributed by atoms with Crippen LogP contribution in [-0.2, 0) is 4.79 Å². The summed E-state index contributed by atoms with van der Waals surface area (Å²) in [5, 5.41) is 7.17. The van der Waals surface area contributed by atoms with E-state index in [1.54, 1.807) is 24.3 Å². The second kappa shape index (κ2) is 10.9. The maximum atomic E-state index is 12.7. The van der Waals surface area contributed by atoms with E-state index in [0.29, 0.717) is 29.0 Å². The zero-order valence-corrected chi connectivity index (χ0v) is 17.9. The summed E-state index contributed by atoms with van der Waals surface area (Å²) < 4.78 is 5.45. The lowest BCUT2D eigenvalue weighted by molar-refractivity contribution is -0.119. The quantitative estimate of drug-likeness (QED) is 0.578. The number of benzene rings is 2. The third-order valence-electron chi connectivity index (χ3n) is 4.08. The monoisotopic (exact) mass is 419 g/mol. The molecule has 0 saturated heterocycles. The molecule has 2 aromatic carbocycles. The van der Waals surface area contributed by atoms with Gasteiger partial charge >= 0.3 is 0 Å². The number of ether oxygens (including phenoxy) is 1. The van der Waals surface area contributed by atoms with Crippen molar-refractivity contribution < 1.29 is 9.53 Å². The first kappa shape index (κ1) is 22.0. The largest absolute Gasteiger partial charge is 0.494 e. The summed E-state index contributed by atoms with van der Waals surface area (Å²) in [5.74, 6) is 0.658.